The fourth-order valence-electron chi connectivity index (χ4n) is 2.11. The molecule has 0 bridgehead atoms. The van der Waals surface area contributed by atoms with Crippen LogP contribution < -0.4 is 0 Å². The summed E-state index contributed by atoms with van der Waals surface area (Å²) in [5, 5.41) is 39.1. The summed E-state index contributed by atoms with van der Waals surface area (Å²) in [5.74, 6) is -0.570. The Morgan fingerprint density at radius 3 is 2.15 bits per heavy atom. The van der Waals surface area contributed by atoms with E-state index in [0.717, 1.165) is 0 Å². The molecule has 0 aromatic heterocycles. The molecular weight excluding hydrogens is 268 g/mol. The van der Waals surface area contributed by atoms with Gasteiger partial charge >= 0.3 is 5.97 Å². The Balaban J connectivity index is 2.86. The van der Waals surface area contributed by atoms with Crippen LogP contribution in [0.15, 0.2) is 12.7 Å². The molecule has 7 nitrogen and oxygen atoms in total. The molecular formula is C13H22O7. The summed E-state index contributed by atoms with van der Waals surface area (Å²) >= 11 is 0. The van der Waals surface area contributed by atoms with Crippen LogP contribution >= 0.6 is 0 Å². The summed E-state index contributed by atoms with van der Waals surface area (Å²) in [7, 11) is 0. The van der Waals surface area contributed by atoms with E-state index >= 15 is 0 Å². The Kier molecular flexibility index (Phi) is 6.57. The monoisotopic (exact) mass is 290 g/mol. The summed E-state index contributed by atoms with van der Waals surface area (Å²) in [4.78, 5) is 11.5. The average Bonchev–Trinajstić information content (AvgIpc) is 2.42. The number of esters is 1. The molecule has 0 aromatic rings. The van der Waals surface area contributed by atoms with E-state index in [4.69, 9.17) is 9.47 Å². The highest BCUT2D eigenvalue weighted by Gasteiger charge is 2.51. The van der Waals surface area contributed by atoms with Crippen molar-refractivity contribution in [2.24, 2.45) is 0 Å². The molecule has 0 radical (unpaired) electrons. The summed E-state index contributed by atoms with van der Waals surface area (Å²) in [6.45, 7) is 5.28. The lowest BCUT2D eigenvalue weighted by molar-refractivity contribution is -0.241. The van der Waals surface area contributed by atoms with E-state index in [0.29, 0.717) is 6.42 Å². The van der Waals surface area contributed by atoms with E-state index in [1.165, 1.54) is 6.08 Å². The van der Waals surface area contributed by atoms with Crippen LogP contribution in [0.4, 0.5) is 0 Å². The van der Waals surface area contributed by atoms with Gasteiger partial charge in [0.2, 0.25) is 0 Å². The number of carbonyl (C=O) groups excluding carboxylic acids is 1. The van der Waals surface area contributed by atoms with Crippen LogP contribution in [0, 0.1) is 0 Å². The van der Waals surface area contributed by atoms with Crippen LogP contribution in [0.5, 0.6) is 0 Å². The zero-order valence-electron chi connectivity index (χ0n) is 11.4. The number of aliphatic hydroxyl groups is 4. The summed E-state index contributed by atoms with van der Waals surface area (Å²) in [5.41, 5.74) is 0. The molecule has 1 aliphatic rings. The van der Waals surface area contributed by atoms with Crippen molar-refractivity contribution in [3.63, 3.8) is 0 Å². The topological polar surface area (TPSA) is 116 Å². The van der Waals surface area contributed by atoms with Crippen molar-refractivity contribution in [1.29, 1.82) is 0 Å². The molecule has 0 heterocycles. The van der Waals surface area contributed by atoms with Crippen molar-refractivity contribution < 1.29 is 34.7 Å². The van der Waals surface area contributed by atoms with Gasteiger partial charge in [0.05, 0.1) is 6.61 Å². The fraction of sp³-hybridized carbons (Fsp3) is 0.769. The smallest absolute Gasteiger partial charge is 0.306 e. The first kappa shape index (κ1) is 17.1. The Morgan fingerprint density at radius 2 is 1.65 bits per heavy atom. The summed E-state index contributed by atoms with van der Waals surface area (Å²) < 4.78 is 10.3. The minimum atomic E-state index is -1.62. The third kappa shape index (κ3) is 3.77. The van der Waals surface area contributed by atoms with Gasteiger partial charge in [0, 0.05) is 6.42 Å². The zero-order valence-corrected chi connectivity index (χ0v) is 11.4. The highest BCUT2D eigenvalue weighted by Crippen LogP contribution is 2.26. The van der Waals surface area contributed by atoms with Crippen molar-refractivity contribution in [1.82, 2.24) is 0 Å². The highest BCUT2D eigenvalue weighted by molar-refractivity contribution is 5.69. The Morgan fingerprint density at radius 1 is 1.10 bits per heavy atom. The molecule has 4 N–H and O–H groups in total. The standard InChI is InChI=1S/C13H22O7/c1-3-5-7(14)20-13-11(18)9(16)8(15)10(17)12(13)19-6-4-2/h4,8-13,15-18H,2-3,5-6H2,1H3/t8-,9-,10+,11+,12+,13-/m1/s1. The quantitative estimate of drug-likeness (QED) is 0.356. The first-order chi connectivity index (χ1) is 9.43. The number of ether oxygens (including phenoxy) is 2. The van der Waals surface area contributed by atoms with Crippen LogP contribution in [0.3, 0.4) is 0 Å². The van der Waals surface area contributed by atoms with Gasteiger partial charge < -0.3 is 29.9 Å². The number of aliphatic hydroxyl groups excluding tert-OH is 4. The van der Waals surface area contributed by atoms with Gasteiger partial charge in [-0.1, -0.05) is 13.0 Å². The predicted octanol–water partition coefficient (Wildman–Crippen LogP) is -1.27. The van der Waals surface area contributed by atoms with Crippen molar-refractivity contribution in [2.75, 3.05) is 6.61 Å². The molecule has 0 saturated heterocycles. The van der Waals surface area contributed by atoms with Crippen LogP contribution in [-0.4, -0.2) is 69.6 Å². The lowest BCUT2D eigenvalue weighted by atomic mass is 9.84. The molecule has 116 valence electrons. The van der Waals surface area contributed by atoms with Crippen LogP contribution in [-0.2, 0) is 14.3 Å². The normalized spacial score (nSPS) is 37.5. The van der Waals surface area contributed by atoms with Crippen molar-refractivity contribution in [3.05, 3.63) is 12.7 Å². The van der Waals surface area contributed by atoms with Crippen LogP contribution in [0.1, 0.15) is 19.8 Å². The first-order valence-electron chi connectivity index (χ1n) is 6.58. The van der Waals surface area contributed by atoms with Gasteiger partial charge in [-0.2, -0.15) is 0 Å². The zero-order chi connectivity index (χ0) is 15.3. The Hall–Kier alpha value is -0.990. The van der Waals surface area contributed by atoms with Gasteiger partial charge in [-0.05, 0) is 6.42 Å². The van der Waals surface area contributed by atoms with Gasteiger partial charge in [-0.15, -0.1) is 6.58 Å². The van der Waals surface area contributed by atoms with E-state index in [1.54, 1.807) is 6.92 Å². The van der Waals surface area contributed by atoms with Crippen LogP contribution in [0.25, 0.3) is 0 Å². The van der Waals surface area contributed by atoms with Gasteiger partial charge in [-0.25, -0.2) is 0 Å². The second-order valence-corrected chi connectivity index (χ2v) is 4.75. The third-order valence-electron chi connectivity index (χ3n) is 3.17. The van der Waals surface area contributed by atoms with Crippen molar-refractivity contribution in [2.45, 2.75) is 56.4 Å². The number of hydrogen-bond donors (Lipinski definition) is 4. The van der Waals surface area contributed by atoms with E-state index in [9.17, 15) is 25.2 Å². The molecule has 20 heavy (non-hydrogen) atoms. The molecule has 0 unspecified atom stereocenters. The summed E-state index contributed by atoms with van der Waals surface area (Å²) in [6, 6.07) is 0. The largest absolute Gasteiger partial charge is 0.457 e. The molecule has 1 rings (SSSR count). The average molecular weight is 290 g/mol. The lowest BCUT2D eigenvalue weighted by Gasteiger charge is -2.43. The maximum absolute atomic E-state index is 11.5. The predicted molar refractivity (Wildman–Crippen MR) is 68.8 cm³/mol. The van der Waals surface area contributed by atoms with E-state index in [2.05, 4.69) is 6.58 Å². The maximum atomic E-state index is 11.5. The van der Waals surface area contributed by atoms with E-state index in [-0.39, 0.29) is 13.0 Å². The fourth-order valence-corrected chi connectivity index (χ4v) is 2.11. The van der Waals surface area contributed by atoms with Gasteiger partial charge in [0.15, 0.2) is 6.10 Å². The number of carbonyl (C=O) groups is 1. The SMILES string of the molecule is C=CCO[C@H]1[C@@H](O)[C@H](O)[C@@H](O)[C@H](O)[C@H]1OC(=O)CCC. The van der Waals surface area contributed by atoms with Gasteiger partial charge in [0.25, 0.3) is 0 Å². The molecule has 1 aliphatic carbocycles. The molecule has 6 atom stereocenters. The van der Waals surface area contributed by atoms with E-state index < -0.39 is 42.6 Å². The second kappa shape index (κ2) is 7.70. The van der Waals surface area contributed by atoms with Gasteiger partial charge in [0.1, 0.15) is 30.5 Å². The van der Waals surface area contributed by atoms with Gasteiger partial charge in [-0.3, -0.25) is 4.79 Å². The number of hydrogen-bond acceptors (Lipinski definition) is 7. The molecule has 0 spiro atoms. The first-order valence-corrected chi connectivity index (χ1v) is 6.58. The van der Waals surface area contributed by atoms with Crippen molar-refractivity contribution in [3.8, 4) is 0 Å². The Labute approximate surface area is 117 Å². The second-order valence-electron chi connectivity index (χ2n) is 4.75. The Bertz CT molecular complexity index is 333. The minimum absolute atomic E-state index is 0.0408. The number of rotatable bonds is 6. The molecule has 0 amide bonds. The molecule has 0 aliphatic heterocycles. The minimum Gasteiger partial charge on any atom is -0.457 e. The van der Waals surface area contributed by atoms with Crippen molar-refractivity contribution >= 4 is 5.97 Å². The molecule has 7 heteroatoms. The summed E-state index contributed by atoms with van der Waals surface area (Å²) in [6.07, 6.45) is -6.48. The molecule has 0 aromatic carbocycles. The molecule has 1 fully saturated rings. The highest BCUT2D eigenvalue weighted by atomic mass is 16.6. The van der Waals surface area contributed by atoms with Crippen LogP contribution in [0.2, 0.25) is 0 Å². The third-order valence-corrected chi connectivity index (χ3v) is 3.17. The lowest BCUT2D eigenvalue weighted by Crippen LogP contribution is -2.65. The molecule has 1 saturated carbocycles. The van der Waals surface area contributed by atoms with E-state index in [1.807, 2.05) is 0 Å². The maximum Gasteiger partial charge on any atom is 0.306 e.